The van der Waals surface area contributed by atoms with Gasteiger partial charge >= 0.3 is 0 Å². The summed E-state index contributed by atoms with van der Waals surface area (Å²) in [5.41, 5.74) is 12.8. The molecule has 0 bridgehead atoms. The van der Waals surface area contributed by atoms with Crippen molar-refractivity contribution < 1.29 is 9.90 Å². The van der Waals surface area contributed by atoms with Crippen LogP contribution in [0, 0.1) is 0 Å². The van der Waals surface area contributed by atoms with Crippen molar-refractivity contribution in [1.82, 2.24) is 0 Å². The number of nitrogen functional groups attached to an aromatic ring is 2. The van der Waals surface area contributed by atoms with Crippen LogP contribution < -0.4 is 11.5 Å². The Morgan fingerprint density at radius 1 is 0.941 bits per heavy atom. The topological polar surface area (TPSA) is 89.3 Å². The van der Waals surface area contributed by atoms with Crippen LogP contribution in [-0.4, -0.2) is 10.9 Å². The van der Waals surface area contributed by atoms with Crippen molar-refractivity contribution in [2.45, 2.75) is 0 Å². The quantitative estimate of drug-likeness (QED) is 0.415. The molecule has 17 heavy (non-hydrogen) atoms. The van der Waals surface area contributed by atoms with Crippen molar-refractivity contribution in [1.29, 1.82) is 0 Å². The van der Waals surface area contributed by atoms with Gasteiger partial charge in [-0.2, -0.15) is 0 Å². The van der Waals surface area contributed by atoms with Crippen LogP contribution in [0.4, 0.5) is 11.4 Å². The highest BCUT2D eigenvalue weighted by Gasteiger charge is 2.13. The zero-order chi connectivity index (χ0) is 12.4. The lowest BCUT2D eigenvalue weighted by Gasteiger charge is -2.05. The number of hydrogen-bond donors (Lipinski definition) is 3. The second-order valence-electron chi connectivity index (χ2n) is 3.73. The Hall–Kier alpha value is -2.49. The van der Waals surface area contributed by atoms with Gasteiger partial charge in [0.05, 0.1) is 5.56 Å². The van der Waals surface area contributed by atoms with E-state index in [1.165, 1.54) is 18.2 Å². The predicted molar refractivity (Wildman–Crippen MR) is 66.8 cm³/mol. The van der Waals surface area contributed by atoms with Gasteiger partial charge < -0.3 is 16.6 Å². The predicted octanol–water partition coefficient (Wildman–Crippen LogP) is 1.79. The van der Waals surface area contributed by atoms with E-state index in [-0.39, 0.29) is 17.1 Å². The Morgan fingerprint density at radius 3 is 2.18 bits per heavy atom. The molecule has 0 radical (unpaired) electrons. The molecular formula is C13H12N2O2. The van der Waals surface area contributed by atoms with Gasteiger partial charge in [-0.15, -0.1) is 0 Å². The summed E-state index contributed by atoms with van der Waals surface area (Å²) in [4.78, 5) is 12.1. The number of carbonyl (C=O) groups excluding carboxylic acids is 1. The second-order valence-corrected chi connectivity index (χ2v) is 3.73. The zero-order valence-electron chi connectivity index (χ0n) is 9.05. The van der Waals surface area contributed by atoms with Gasteiger partial charge in [0, 0.05) is 16.9 Å². The first-order valence-electron chi connectivity index (χ1n) is 5.06. The molecule has 86 valence electrons. The van der Waals surface area contributed by atoms with E-state index in [0.29, 0.717) is 16.9 Å². The summed E-state index contributed by atoms with van der Waals surface area (Å²) in [6, 6.07) is 10.9. The fourth-order valence-electron chi connectivity index (χ4n) is 1.53. The lowest BCUT2D eigenvalue weighted by molar-refractivity contribution is 0.103. The van der Waals surface area contributed by atoms with Crippen molar-refractivity contribution in [2.24, 2.45) is 0 Å². The average molecular weight is 228 g/mol. The highest BCUT2D eigenvalue weighted by Crippen LogP contribution is 2.23. The van der Waals surface area contributed by atoms with E-state index in [1.807, 2.05) is 0 Å². The minimum absolute atomic E-state index is 0.0824. The number of phenols is 1. The number of benzene rings is 2. The van der Waals surface area contributed by atoms with Gasteiger partial charge in [-0.05, 0) is 42.5 Å². The standard InChI is InChI=1S/C13H12N2O2/c14-9-3-1-8(2-4-9)13(17)11-7-10(15)5-6-12(11)16/h1-7,16H,14-15H2. The van der Waals surface area contributed by atoms with Crippen molar-refractivity contribution >= 4 is 17.2 Å². The number of rotatable bonds is 2. The number of ketones is 1. The molecular weight excluding hydrogens is 216 g/mol. The molecule has 0 atom stereocenters. The van der Waals surface area contributed by atoms with Gasteiger partial charge in [0.1, 0.15) is 5.75 Å². The number of phenolic OH excluding ortho intramolecular Hbond substituents is 1. The van der Waals surface area contributed by atoms with Gasteiger partial charge in [-0.3, -0.25) is 4.79 Å². The van der Waals surface area contributed by atoms with E-state index < -0.39 is 0 Å². The maximum atomic E-state index is 12.1. The number of aromatic hydroxyl groups is 1. The molecule has 0 fully saturated rings. The minimum atomic E-state index is -0.283. The Labute approximate surface area is 98.5 Å². The Morgan fingerprint density at radius 2 is 1.53 bits per heavy atom. The van der Waals surface area contributed by atoms with Crippen LogP contribution in [0.15, 0.2) is 42.5 Å². The average Bonchev–Trinajstić information content (AvgIpc) is 2.32. The fraction of sp³-hybridized carbons (Fsp3) is 0. The van der Waals surface area contributed by atoms with Crippen LogP contribution in [-0.2, 0) is 0 Å². The van der Waals surface area contributed by atoms with Gasteiger partial charge in [0.2, 0.25) is 0 Å². The Kier molecular flexibility index (Phi) is 2.70. The molecule has 0 aromatic heterocycles. The zero-order valence-corrected chi connectivity index (χ0v) is 9.05. The molecule has 4 nitrogen and oxygen atoms in total. The van der Waals surface area contributed by atoms with Crippen LogP contribution in [0.25, 0.3) is 0 Å². The molecule has 2 aromatic carbocycles. The molecule has 0 unspecified atom stereocenters. The molecule has 0 saturated carbocycles. The van der Waals surface area contributed by atoms with Crippen LogP contribution in [0.2, 0.25) is 0 Å². The smallest absolute Gasteiger partial charge is 0.196 e. The summed E-state index contributed by atoms with van der Waals surface area (Å²) in [7, 11) is 0. The van der Waals surface area contributed by atoms with Gasteiger partial charge in [-0.1, -0.05) is 0 Å². The number of anilines is 2. The van der Waals surface area contributed by atoms with Crippen molar-refractivity contribution in [3.8, 4) is 5.75 Å². The SMILES string of the molecule is Nc1ccc(C(=O)c2cc(N)ccc2O)cc1. The monoisotopic (exact) mass is 228 g/mol. The first kappa shape index (κ1) is 11.0. The van der Waals surface area contributed by atoms with E-state index in [1.54, 1.807) is 24.3 Å². The summed E-state index contributed by atoms with van der Waals surface area (Å²) in [6.45, 7) is 0. The lowest BCUT2D eigenvalue weighted by Crippen LogP contribution is -2.03. The van der Waals surface area contributed by atoms with Gasteiger partial charge in [0.25, 0.3) is 0 Å². The van der Waals surface area contributed by atoms with Crippen molar-refractivity contribution in [2.75, 3.05) is 11.5 Å². The maximum absolute atomic E-state index is 12.1. The Balaban J connectivity index is 2.43. The summed E-state index contributed by atoms with van der Waals surface area (Å²) in [5.74, 6) is -0.365. The van der Waals surface area contributed by atoms with Gasteiger partial charge in [-0.25, -0.2) is 0 Å². The van der Waals surface area contributed by atoms with E-state index in [4.69, 9.17) is 11.5 Å². The lowest BCUT2D eigenvalue weighted by atomic mass is 10.0. The number of carbonyl (C=O) groups is 1. The Bertz CT molecular complexity index is 562. The molecule has 0 heterocycles. The van der Waals surface area contributed by atoms with Crippen LogP contribution in [0.3, 0.4) is 0 Å². The highest BCUT2D eigenvalue weighted by molar-refractivity contribution is 6.11. The molecule has 4 heteroatoms. The molecule has 5 N–H and O–H groups in total. The number of hydrogen-bond acceptors (Lipinski definition) is 4. The van der Waals surface area contributed by atoms with Crippen LogP contribution in [0.1, 0.15) is 15.9 Å². The van der Waals surface area contributed by atoms with Gasteiger partial charge in [0.15, 0.2) is 5.78 Å². The normalized spacial score (nSPS) is 10.1. The first-order valence-corrected chi connectivity index (χ1v) is 5.06. The first-order chi connectivity index (χ1) is 8.08. The molecule has 0 amide bonds. The summed E-state index contributed by atoms with van der Waals surface area (Å²) in [5, 5.41) is 9.62. The van der Waals surface area contributed by atoms with Crippen LogP contribution >= 0.6 is 0 Å². The molecule has 0 spiro atoms. The van der Waals surface area contributed by atoms with E-state index >= 15 is 0 Å². The largest absolute Gasteiger partial charge is 0.507 e. The molecule has 0 aliphatic heterocycles. The van der Waals surface area contributed by atoms with E-state index in [9.17, 15) is 9.90 Å². The second kappa shape index (κ2) is 4.17. The fourth-order valence-corrected chi connectivity index (χ4v) is 1.53. The minimum Gasteiger partial charge on any atom is -0.507 e. The van der Waals surface area contributed by atoms with Crippen molar-refractivity contribution in [3.63, 3.8) is 0 Å². The summed E-state index contributed by atoms with van der Waals surface area (Å²) in [6.07, 6.45) is 0. The summed E-state index contributed by atoms with van der Waals surface area (Å²) >= 11 is 0. The molecule has 2 rings (SSSR count). The summed E-state index contributed by atoms with van der Waals surface area (Å²) < 4.78 is 0. The maximum Gasteiger partial charge on any atom is 0.196 e. The molecule has 0 saturated heterocycles. The van der Waals surface area contributed by atoms with Crippen LogP contribution in [0.5, 0.6) is 5.75 Å². The highest BCUT2D eigenvalue weighted by atomic mass is 16.3. The molecule has 2 aromatic rings. The third kappa shape index (κ3) is 2.20. The van der Waals surface area contributed by atoms with E-state index in [0.717, 1.165) is 0 Å². The van der Waals surface area contributed by atoms with E-state index in [2.05, 4.69) is 0 Å². The third-order valence-electron chi connectivity index (χ3n) is 2.44. The molecule has 0 aliphatic carbocycles. The third-order valence-corrected chi connectivity index (χ3v) is 2.44. The number of nitrogens with two attached hydrogens (primary N) is 2. The molecule has 0 aliphatic rings. The van der Waals surface area contributed by atoms with Crippen molar-refractivity contribution in [3.05, 3.63) is 53.6 Å².